The van der Waals surface area contributed by atoms with Crippen molar-refractivity contribution in [3.05, 3.63) is 49.8 Å². The van der Waals surface area contributed by atoms with Gasteiger partial charge in [0.05, 0.1) is 22.7 Å². The van der Waals surface area contributed by atoms with Gasteiger partial charge in [-0.05, 0) is 18.9 Å². The third-order valence-electron chi connectivity index (χ3n) is 3.88. The monoisotopic (exact) mass is 403 g/mol. The van der Waals surface area contributed by atoms with E-state index in [-0.39, 0.29) is 36.4 Å². The number of rotatable bonds is 4. The molecule has 0 aromatic carbocycles. The molecule has 1 aliphatic carbocycles. The van der Waals surface area contributed by atoms with E-state index in [9.17, 15) is 31.5 Å². The summed E-state index contributed by atoms with van der Waals surface area (Å²) >= 11 is 0.0681. The maximum absolute atomic E-state index is 13.8. The van der Waals surface area contributed by atoms with Crippen LogP contribution in [0.3, 0.4) is 0 Å². The standard InChI is InChI=1S/C16H10F5N3O2S/c17-10-4-9(6-24(14(10)26)7-15(18)1-2-15)23-13(25)11-3-8(5-22)12(27-11)16(19,20)21/h3-4,6H,1-2,7H2,(H,23,25). The number of thiophene rings is 1. The average Bonchev–Trinajstić information content (AvgIpc) is 3.11. The van der Waals surface area contributed by atoms with Crippen LogP contribution in [0.4, 0.5) is 27.6 Å². The van der Waals surface area contributed by atoms with E-state index >= 15 is 0 Å². The molecule has 2 aromatic rings. The largest absolute Gasteiger partial charge is 0.426 e. The fourth-order valence-corrected chi connectivity index (χ4v) is 3.24. The fourth-order valence-electron chi connectivity index (χ4n) is 2.37. The van der Waals surface area contributed by atoms with Crippen LogP contribution in [0.2, 0.25) is 0 Å². The summed E-state index contributed by atoms with van der Waals surface area (Å²) < 4.78 is 67.0. The SMILES string of the molecule is N#Cc1cc(C(=O)Nc2cc(F)c(=O)n(CC3(F)CC3)c2)sc1C(F)(F)F. The molecule has 27 heavy (non-hydrogen) atoms. The Kier molecular flexibility index (Phi) is 4.55. The van der Waals surface area contributed by atoms with Crippen molar-refractivity contribution in [3.8, 4) is 6.07 Å². The van der Waals surface area contributed by atoms with E-state index in [0.717, 1.165) is 16.8 Å². The number of hydrogen-bond acceptors (Lipinski definition) is 4. The first-order valence-corrected chi connectivity index (χ1v) is 8.35. The van der Waals surface area contributed by atoms with E-state index in [2.05, 4.69) is 5.32 Å². The second-order valence-electron chi connectivity index (χ2n) is 6.08. The summed E-state index contributed by atoms with van der Waals surface area (Å²) in [6.07, 6.45) is -3.33. The number of anilines is 1. The zero-order chi connectivity index (χ0) is 20.0. The molecular weight excluding hydrogens is 393 g/mol. The zero-order valence-electron chi connectivity index (χ0n) is 13.4. The number of aromatic nitrogens is 1. The van der Waals surface area contributed by atoms with Crippen LogP contribution in [-0.2, 0) is 12.7 Å². The Labute approximate surface area is 152 Å². The van der Waals surface area contributed by atoms with Crippen molar-refractivity contribution >= 4 is 22.9 Å². The van der Waals surface area contributed by atoms with Crippen LogP contribution >= 0.6 is 11.3 Å². The molecule has 2 aromatic heterocycles. The third kappa shape index (κ3) is 4.00. The van der Waals surface area contributed by atoms with Gasteiger partial charge in [-0.1, -0.05) is 0 Å². The predicted molar refractivity (Wildman–Crippen MR) is 85.7 cm³/mol. The van der Waals surface area contributed by atoms with Crippen LogP contribution in [0.25, 0.3) is 0 Å². The maximum Gasteiger partial charge on any atom is 0.426 e. The first-order chi connectivity index (χ1) is 12.5. The van der Waals surface area contributed by atoms with Gasteiger partial charge in [-0.15, -0.1) is 11.3 Å². The lowest BCUT2D eigenvalue weighted by Crippen LogP contribution is -2.28. The number of halogens is 5. The lowest BCUT2D eigenvalue weighted by atomic mass is 10.2. The van der Waals surface area contributed by atoms with Gasteiger partial charge in [0.15, 0.2) is 5.82 Å². The lowest BCUT2D eigenvalue weighted by Gasteiger charge is -2.11. The first kappa shape index (κ1) is 19.0. The molecule has 0 saturated heterocycles. The molecule has 0 bridgehead atoms. The highest BCUT2D eigenvalue weighted by molar-refractivity contribution is 7.14. The minimum Gasteiger partial charge on any atom is -0.320 e. The molecule has 11 heteroatoms. The molecule has 142 valence electrons. The van der Waals surface area contributed by atoms with Crippen LogP contribution in [0.5, 0.6) is 0 Å². The number of hydrogen-bond donors (Lipinski definition) is 1. The predicted octanol–water partition coefficient (Wildman–Crippen LogP) is 3.69. The number of carbonyl (C=O) groups excluding carboxylic acids is 1. The van der Waals surface area contributed by atoms with Gasteiger partial charge in [0.2, 0.25) is 0 Å². The van der Waals surface area contributed by atoms with Crippen molar-refractivity contribution < 1.29 is 26.7 Å². The fraction of sp³-hybridized carbons (Fsp3) is 0.312. The molecule has 1 saturated carbocycles. The summed E-state index contributed by atoms with van der Waals surface area (Å²) in [6.45, 7) is -0.387. The third-order valence-corrected chi connectivity index (χ3v) is 5.06. The Morgan fingerprint density at radius 1 is 1.37 bits per heavy atom. The minimum absolute atomic E-state index is 0.0681. The number of carbonyl (C=O) groups is 1. The molecule has 3 rings (SSSR count). The summed E-state index contributed by atoms with van der Waals surface area (Å²) in [6, 6.07) is 2.83. The van der Waals surface area contributed by atoms with Gasteiger partial charge in [-0.2, -0.15) is 18.4 Å². The van der Waals surface area contributed by atoms with Crippen molar-refractivity contribution in [1.82, 2.24) is 4.57 Å². The number of pyridine rings is 1. The number of amides is 1. The molecule has 0 aliphatic heterocycles. The van der Waals surface area contributed by atoms with Gasteiger partial charge in [0, 0.05) is 12.3 Å². The molecule has 1 N–H and O–H groups in total. The summed E-state index contributed by atoms with van der Waals surface area (Å²) in [5.74, 6) is -2.25. The smallest absolute Gasteiger partial charge is 0.320 e. The average molecular weight is 403 g/mol. The highest BCUT2D eigenvalue weighted by atomic mass is 32.1. The second kappa shape index (κ2) is 6.45. The lowest BCUT2D eigenvalue weighted by molar-refractivity contribution is -0.134. The summed E-state index contributed by atoms with van der Waals surface area (Å²) in [7, 11) is 0. The molecule has 1 aliphatic rings. The van der Waals surface area contributed by atoms with Gasteiger partial charge < -0.3 is 9.88 Å². The number of nitriles is 1. The van der Waals surface area contributed by atoms with Crippen LogP contribution in [0.15, 0.2) is 23.1 Å². The van der Waals surface area contributed by atoms with Crippen molar-refractivity contribution in [1.29, 1.82) is 5.26 Å². The molecule has 2 heterocycles. The molecule has 1 fully saturated rings. The van der Waals surface area contributed by atoms with Crippen molar-refractivity contribution in [2.75, 3.05) is 5.32 Å². The van der Waals surface area contributed by atoms with Crippen LogP contribution in [-0.4, -0.2) is 16.1 Å². The van der Waals surface area contributed by atoms with Gasteiger partial charge in [0.25, 0.3) is 11.5 Å². The number of nitrogens with zero attached hydrogens (tertiary/aromatic N) is 2. The molecule has 0 spiro atoms. The van der Waals surface area contributed by atoms with Crippen LogP contribution in [0.1, 0.15) is 33.0 Å². The van der Waals surface area contributed by atoms with E-state index in [1.165, 1.54) is 6.07 Å². The topological polar surface area (TPSA) is 74.9 Å². The van der Waals surface area contributed by atoms with E-state index in [1.807, 2.05) is 0 Å². The van der Waals surface area contributed by atoms with E-state index < -0.39 is 44.4 Å². The molecule has 1 amide bonds. The quantitative estimate of drug-likeness (QED) is 0.792. The first-order valence-electron chi connectivity index (χ1n) is 7.54. The molecule has 0 radical (unpaired) electrons. The van der Waals surface area contributed by atoms with E-state index in [0.29, 0.717) is 6.07 Å². The number of nitrogens with one attached hydrogen (secondary N) is 1. The minimum atomic E-state index is -4.80. The summed E-state index contributed by atoms with van der Waals surface area (Å²) in [5, 5.41) is 10.9. The Morgan fingerprint density at radius 3 is 2.56 bits per heavy atom. The number of alkyl halides is 4. The van der Waals surface area contributed by atoms with Crippen LogP contribution < -0.4 is 10.9 Å². The highest BCUT2D eigenvalue weighted by Gasteiger charge is 2.43. The van der Waals surface area contributed by atoms with Gasteiger partial charge in [-0.3, -0.25) is 9.59 Å². The van der Waals surface area contributed by atoms with Crippen molar-refractivity contribution in [2.45, 2.75) is 31.2 Å². The van der Waals surface area contributed by atoms with Crippen molar-refractivity contribution in [2.24, 2.45) is 0 Å². The van der Waals surface area contributed by atoms with Crippen molar-refractivity contribution in [3.63, 3.8) is 0 Å². The van der Waals surface area contributed by atoms with Gasteiger partial charge >= 0.3 is 6.18 Å². The van der Waals surface area contributed by atoms with E-state index in [4.69, 9.17) is 5.26 Å². The normalized spacial score (nSPS) is 15.3. The Balaban J connectivity index is 1.87. The Bertz CT molecular complexity index is 1010. The van der Waals surface area contributed by atoms with Gasteiger partial charge in [0.1, 0.15) is 16.6 Å². The summed E-state index contributed by atoms with van der Waals surface area (Å²) in [4.78, 5) is 22.3. The van der Waals surface area contributed by atoms with Gasteiger partial charge in [-0.25, -0.2) is 8.78 Å². The molecule has 5 nitrogen and oxygen atoms in total. The summed E-state index contributed by atoms with van der Waals surface area (Å²) in [5.41, 5.74) is -3.60. The Hall–Kier alpha value is -2.74. The highest BCUT2D eigenvalue weighted by Crippen LogP contribution is 2.41. The second-order valence-corrected chi connectivity index (χ2v) is 7.13. The van der Waals surface area contributed by atoms with E-state index in [1.54, 1.807) is 0 Å². The zero-order valence-corrected chi connectivity index (χ0v) is 14.2. The molecule has 0 unspecified atom stereocenters. The molecular formula is C16H10F5N3O2S. The molecule has 0 atom stereocenters. The Morgan fingerprint density at radius 2 is 2.04 bits per heavy atom. The van der Waals surface area contributed by atoms with Crippen LogP contribution in [0, 0.1) is 17.1 Å². The maximum atomic E-state index is 13.8.